The van der Waals surface area contributed by atoms with Crippen molar-refractivity contribution in [1.82, 2.24) is 4.90 Å². The first-order valence-electron chi connectivity index (χ1n) is 8.86. The highest BCUT2D eigenvalue weighted by molar-refractivity contribution is 5.92. The van der Waals surface area contributed by atoms with E-state index in [2.05, 4.69) is 6.92 Å². The standard InChI is InChI=1S/C22H27NO2/c1-4-16-25-21-13-9-8-12-20(21)14-15-22(24)23(18(2)3)17-19-10-6-5-7-11-19/h5-15,18H,4,16-17H2,1-3H3/b15-14+. The molecule has 1 amide bonds. The van der Waals surface area contributed by atoms with E-state index in [0.717, 1.165) is 23.3 Å². The van der Waals surface area contributed by atoms with Crippen LogP contribution in [0.15, 0.2) is 60.7 Å². The average molecular weight is 337 g/mol. The molecule has 0 aromatic heterocycles. The van der Waals surface area contributed by atoms with Crippen molar-refractivity contribution in [3.63, 3.8) is 0 Å². The topological polar surface area (TPSA) is 29.5 Å². The molecular weight excluding hydrogens is 310 g/mol. The van der Waals surface area contributed by atoms with Crippen LogP contribution < -0.4 is 4.74 Å². The molecule has 0 spiro atoms. The molecule has 2 aromatic carbocycles. The van der Waals surface area contributed by atoms with Gasteiger partial charge in [-0.1, -0.05) is 55.5 Å². The normalized spacial score (nSPS) is 11.0. The van der Waals surface area contributed by atoms with E-state index in [1.807, 2.05) is 79.4 Å². The summed E-state index contributed by atoms with van der Waals surface area (Å²) < 4.78 is 5.75. The maximum absolute atomic E-state index is 12.7. The summed E-state index contributed by atoms with van der Waals surface area (Å²) in [5.74, 6) is 0.816. The molecule has 3 nitrogen and oxygen atoms in total. The van der Waals surface area contributed by atoms with Gasteiger partial charge < -0.3 is 9.64 Å². The van der Waals surface area contributed by atoms with E-state index in [0.29, 0.717) is 13.2 Å². The fourth-order valence-corrected chi connectivity index (χ4v) is 2.51. The smallest absolute Gasteiger partial charge is 0.247 e. The number of carbonyl (C=O) groups is 1. The summed E-state index contributed by atoms with van der Waals surface area (Å²) >= 11 is 0. The van der Waals surface area contributed by atoms with Crippen molar-refractivity contribution < 1.29 is 9.53 Å². The van der Waals surface area contributed by atoms with E-state index < -0.39 is 0 Å². The average Bonchev–Trinajstić information content (AvgIpc) is 2.63. The first-order valence-corrected chi connectivity index (χ1v) is 8.86. The minimum absolute atomic E-state index is 0.00384. The molecule has 2 rings (SSSR count). The van der Waals surface area contributed by atoms with Crippen molar-refractivity contribution >= 4 is 12.0 Å². The summed E-state index contributed by atoms with van der Waals surface area (Å²) in [6.07, 6.45) is 4.43. The molecule has 0 fully saturated rings. The van der Waals surface area contributed by atoms with Crippen molar-refractivity contribution in [3.05, 3.63) is 71.8 Å². The predicted octanol–water partition coefficient (Wildman–Crippen LogP) is 4.93. The number of rotatable bonds is 8. The second-order valence-electron chi connectivity index (χ2n) is 6.27. The summed E-state index contributed by atoms with van der Waals surface area (Å²) in [4.78, 5) is 14.5. The Morgan fingerprint density at radius 1 is 1.08 bits per heavy atom. The fraction of sp³-hybridized carbons (Fsp3) is 0.318. The Balaban J connectivity index is 2.11. The molecule has 0 aliphatic rings. The van der Waals surface area contributed by atoms with Crippen LogP contribution in [0, 0.1) is 0 Å². The van der Waals surface area contributed by atoms with Crippen LogP contribution in [0.1, 0.15) is 38.3 Å². The van der Waals surface area contributed by atoms with Gasteiger partial charge in [-0.05, 0) is 38.0 Å². The van der Waals surface area contributed by atoms with E-state index >= 15 is 0 Å². The number of hydrogen-bond donors (Lipinski definition) is 0. The largest absolute Gasteiger partial charge is 0.493 e. The molecule has 3 heteroatoms. The Hall–Kier alpha value is -2.55. The van der Waals surface area contributed by atoms with Gasteiger partial charge in [0.1, 0.15) is 5.75 Å². The summed E-state index contributed by atoms with van der Waals surface area (Å²) in [6.45, 7) is 7.42. The molecule has 25 heavy (non-hydrogen) atoms. The van der Waals surface area contributed by atoms with Gasteiger partial charge in [-0.25, -0.2) is 0 Å². The van der Waals surface area contributed by atoms with Gasteiger partial charge in [0.15, 0.2) is 0 Å². The minimum atomic E-state index is 0.00384. The molecule has 0 unspecified atom stereocenters. The number of amides is 1. The van der Waals surface area contributed by atoms with E-state index in [4.69, 9.17) is 4.74 Å². The Morgan fingerprint density at radius 3 is 2.44 bits per heavy atom. The second-order valence-corrected chi connectivity index (χ2v) is 6.27. The lowest BCUT2D eigenvalue weighted by atomic mass is 10.1. The molecular formula is C22H27NO2. The lowest BCUT2D eigenvalue weighted by molar-refractivity contribution is -0.128. The van der Waals surface area contributed by atoms with Crippen LogP contribution in [0.5, 0.6) is 5.75 Å². The third-order valence-electron chi connectivity index (χ3n) is 3.89. The third kappa shape index (κ3) is 5.79. The highest BCUT2D eigenvalue weighted by Crippen LogP contribution is 2.20. The number of benzene rings is 2. The highest BCUT2D eigenvalue weighted by Gasteiger charge is 2.15. The molecule has 0 radical (unpaired) electrons. The number of carbonyl (C=O) groups excluding carboxylic acids is 1. The Labute approximate surface area is 150 Å². The van der Waals surface area contributed by atoms with E-state index in [1.54, 1.807) is 6.08 Å². The van der Waals surface area contributed by atoms with Crippen LogP contribution in [-0.2, 0) is 11.3 Å². The lowest BCUT2D eigenvalue weighted by Crippen LogP contribution is -2.35. The molecule has 0 aliphatic heterocycles. The summed E-state index contributed by atoms with van der Waals surface area (Å²) in [6, 6.07) is 18.0. The zero-order chi connectivity index (χ0) is 18.1. The molecule has 0 bridgehead atoms. The van der Waals surface area contributed by atoms with E-state index in [9.17, 15) is 4.79 Å². The third-order valence-corrected chi connectivity index (χ3v) is 3.89. The molecule has 0 saturated heterocycles. The zero-order valence-electron chi connectivity index (χ0n) is 15.3. The van der Waals surface area contributed by atoms with Gasteiger partial charge in [0.25, 0.3) is 0 Å². The zero-order valence-corrected chi connectivity index (χ0v) is 15.3. The molecule has 132 valence electrons. The first kappa shape index (κ1) is 18.8. The lowest BCUT2D eigenvalue weighted by Gasteiger charge is -2.25. The van der Waals surface area contributed by atoms with Crippen LogP contribution in [0.25, 0.3) is 6.08 Å². The van der Waals surface area contributed by atoms with Crippen molar-refractivity contribution in [2.45, 2.75) is 39.8 Å². The quantitative estimate of drug-likeness (QED) is 0.640. The predicted molar refractivity (Wildman–Crippen MR) is 103 cm³/mol. The summed E-state index contributed by atoms with van der Waals surface area (Å²) in [5, 5.41) is 0. The van der Waals surface area contributed by atoms with Gasteiger partial charge in [-0.3, -0.25) is 4.79 Å². The van der Waals surface area contributed by atoms with Gasteiger partial charge in [0.05, 0.1) is 6.61 Å². The van der Waals surface area contributed by atoms with Crippen molar-refractivity contribution in [3.8, 4) is 5.75 Å². The maximum Gasteiger partial charge on any atom is 0.247 e. The molecule has 2 aromatic rings. The number of nitrogens with zero attached hydrogens (tertiary/aromatic N) is 1. The van der Waals surface area contributed by atoms with E-state index in [1.165, 1.54) is 0 Å². The molecule has 0 N–H and O–H groups in total. The van der Waals surface area contributed by atoms with Crippen molar-refractivity contribution in [2.24, 2.45) is 0 Å². The van der Waals surface area contributed by atoms with Gasteiger partial charge in [-0.15, -0.1) is 0 Å². The number of ether oxygens (including phenoxy) is 1. The molecule has 0 atom stereocenters. The number of hydrogen-bond acceptors (Lipinski definition) is 2. The Kier molecular flexibility index (Phi) is 7.27. The first-order chi connectivity index (χ1) is 12.1. The molecule has 0 heterocycles. The Morgan fingerprint density at radius 2 is 1.76 bits per heavy atom. The maximum atomic E-state index is 12.7. The van der Waals surface area contributed by atoms with Crippen LogP contribution in [0.4, 0.5) is 0 Å². The molecule has 0 aliphatic carbocycles. The highest BCUT2D eigenvalue weighted by atomic mass is 16.5. The summed E-state index contributed by atoms with van der Waals surface area (Å²) in [5.41, 5.74) is 2.05. The van der Waals surface area contributed by atoms with Crippen LogP contribution >= 0.6 is 0 Å². The van der Waals surface area contributed by atoms with Crippen LogP contribution in [0.3, 0.4) is 0 Å². The SMILES string of the molecule is CCCOc1ccccc1/C=C/C(=O)N(Cc1ccccc1)C(C)C. The van der Waals surface area contributed by atoms with Gasteiger partial charge in [0, 0.05) is 24.2 Å². The van der Waals surface area contributed by atoms with Crippen molar-refractivity contribution in [1.29, 1.82) is 0 Å². The van der Waals surface area contributed by atoms with Gasteiger partial charge >= 0.3 is 0 Å². The minimum Gasteiger partial charge on any atom is -0.493 e. The second kappa shape index (κ2) is 9.67. The van der Waals surface area contributed by atoms with E-state index in [-0.39, 0.29) is 11.9 Å². The number of para-hydroxylation sites is 1. The van der Waals surface area contributed by atoms with Gasteiger partial charge in [0.2, 0.25) is 5.91 Å². The monoisotopic (exact) mass is 337 g/mol. The van der Waals surface area contributed by atoms with Crippen molar-refractivity contribution in [2.75, 3.05) is 6.61 Å². The Bertz CT molecular complexity index is 692. The fourth-order valence-electron chi connectivity index (χ4n) is 2.51. The van der Waals surface area contributed by atoms with Crippen LogP contribution in [-0.4, -0.2) is 23.5 Å². The summed E-state index contributed by atoms with van der Waals surface area (Å²) in [7, 11) is 0. The van der Waals surface area contributed by atoms with Gasteiger partial charge in [-0.2, -0.15) is 0 Å². The van der Waals surface area contributed by atoms with Crippen LogP contribution in [0.2, 0.25) is 0 Å². The molecule has 0 saturated carbocycles.